The summed E-state index contributed by atoms with van der Waals surface area (Å²) in [5, 5.41) is 3.31. The molecule has 0 radical (unpaired) electrons. The van der Waals surface area contributed by atoms with Gasteiger partial charge in [-0.3, -0.25) is 0 Å². The predicted molar refractivity (Wildman–Crippen MR) is 82.1 cm³/mol. The fraction of sp³-hybridized carbons (Fsp3) is 0.333. The molecule has 2 nitrogen and oxygen atoms in total. The standard InChI is InChI=1S/C18H20FNO/c1-11-4-5-12(2)15(8-11)18-10-16(20-3)14-7-6-13(19)9-17(14)21-18/h4-9,16,18,20H,10H2,1-3H3. The summed E-state index contributed by atoms with van der Waals surface area (Å²) < 4.78 is 19.6. The molecule has 1 aliphatic heterocycles. The van der Waals surface area contributed by atoms with Crippen LogP contribution in [0.15, 0.2) is 36.4 Å². The molecule has 0 spiro atoms. The minimum absolute atomic E-state index is 0.0448. The number of nitrogens with one attached hydrogen (secondary N) is 1. The molecule has 2 atom stereocenters. The lowest BCUT2D eigenvalue weighted by atomic mass is 9.90. The van der Waals surface area contributed by atoms with E-state index in [4.69, 9.17) is 4.74 Å². The van der Waals surface area contributed by atoms with Gasteiger partial charge < -0.3 is 10.1 Å². The molecule has 1 heterocycles. The summed E-state index contributed by atoms with van der Waals surface area (Å²) in [4.78, 5) is 0. The number of fused-ring (bicyclic) bond motifs is 1. The third kappa shape index (κ3) is 2.66. The van der Waals surface area contributed by atoms with Crippen molar-refractivity contribution in [2.75, 3.05) is 7.05 Å². The Morgan fingerprint density at radius 3 is 2.67 bits per heavy atom. The van der Waals surface area contributed by atoms with Gasteiger partial charge in [0.1, 0.15) is 17.7 Å². The number of benzene rings is 2. The summed E-state index contributed by atoms with van der Waals surface area (Å²) >= 11 is 0. The molecule has 3 rings (SSSR count). The van der Waals surface area contributed by atoms with Gasteiger partial charge in [-0.05, 0) is 38.1 Å². The maximum atomic E-state index is 13.5. The van der Waals surface area contributed by atoms with Crippen LogP contribution in [0.1, 0.15) is 40.8 Å². The molecule has 0 aliphatic carbocycles. The van der Waals surface area contributed by atoms with Gasteiger partial charge in [-0.25, -0.2) is 4.39 Å². The molecule has 0 amide bonds. The SMILES string of the molecule is CNC1CC(c2cc(C)ccc2C)Oc2cc(F)ccc21. The molecule has 2 aromatic carbocycles. The smallest absolute Gasteiger partial charge is 0.127 e. The lowest BCUT2D eigenvalue weighted by Crippen LogP contribution is -2.27. The minimum Gasteiger partial charge on any atom is -0.485 e. The molecule has 0 bridgehead atoms. The molecule has 2 aromatic rings. The first kappa shape index (κ1) is 14.1. The third-order valence-corrected chi connectivity index (χ3v) is 4.20. The Balaban J connectivity index is 2.01. The molecule has 21 heavy (non-hydrogen) atoms. The van der Waals surface area contributed by atoms with E-state index in [2.05, 4.69) is 37.4 Å². The second-order valence-electron chi connectivity index (χ2n) is 5.73. The highest BCUT2D eigenvalue weighted by Crippen LogP contribution is 2.41. The number of hydrogen-bond donors (Lipinski definition) is 1. The van der Waals surface area contributed by atoms with Crippen molar-refractivity contribution in [3.63, 3.8) is 0 Å². The van der Waals surface area contributed by atoms with Crippen molar-refractivity contribution in [3.8, 4) is 5.75 Å². The Hall–Kier alpha value is -1.87. The second kappa shape index (κ2) is 5.49. The van der Waals surface area contributed by atoms with Gasteiger partial charge in [0.15, 0.2) is 0 Å². The molecule has 2 unspecified atom stereocenters. The Morgan fingerprint density at radius 1 is 1.10 bits per heavy atom. The van der Waals surface area contributed by atoms with Crippen LogP contribution in [-0.2, 0) is 0 Å². The summed E-state index contributed by atoms with van der Waals surface area (Å²) in [5.41, 5.74) is 4.64. The third-order valence-electron chi connectivity index (χ3n) is 4.20. The topological polar surface area (TPSA) is 21.3 Å². The van der Waals surface area contributed by atoms with Gasteiger partial charge in [0.25, 0.3) is 0 Å². The molecule has 110 valence electrons. The van der Waals surface area contributed by atoms with E-state index in [1.54, 1.807) is 0 Å². The van der Waals surface area contributed by atoms with Gasteiger partial charge >= 0.3 is 0 Å². The van der Waals surface area contributed by atoms with Crippen molar-refractivity contribution in [2.24, 2.45) is 0 Å². The zero-order valence-electron chi connectivity index (χ0n) is 12.6. The van der Waals surface area contributed by atoms with Crippen LogP contribution >= 0.6 is 0 Å². The minimum atomic E-state index is -0.259. The van der Waals surface area contributed by atoms with Gasteiger partial charge in [-0.1, -0.05) is 29.8 Å². The second-order valence-corrected chi connectivity index (χ2v) is 5.73. The Labute approximate surface area is 125 Å². The van der Waals surface area contributed by atoms with Crippen molar-refractivity contribution in [2.45, 2.75) is 32.4 Å². The number of halogens is 1. The van der Waals surface area contributed by atoms with Crippen LogP contribution in [0, 0.1) is 19.7 Å². The van der Waals surface area contributed by atoms with Gasteiger partial charge in [0, 0.05) is 24.1 Å². The first-order valence-corrected chi connectivity index (χ1v) is 7.29. The van der Waals surface area contributed by atoms with E-state index in [1.807, 2.05) is 13.1 Å². The molecular weight excluding hydrogens is 265 g/mol. The van der Waals surface area contributed by atoms with E-state index in [-0.39, 0.29) is 18.0 Å². The number of aryl methyl sites for hydroxylation is 2. The predicted octanol–water partition coefficient (Wildman–Crippen LogP) is 4.23. The quantitative estimate of drug-likeness (QED) is 0.891. The largest absolute Gasteiger partial charge is 0.485 e. The number of rotatable bonds is 2. The van der Waals surface area contributed by atoms with Gasteiger partial charge in [-0.2, -0.15) is 0 Å². The van der Waals surface area contributed by atoms with Gasteiger partial charge in [0.05, 0.1) is 0 Å². The molecule has 0 fully saturated rings. The zero-order chi connectivity index (χ0) is 15.0. The van der Waals surface area contributed by atoms with E-state index >= 15 is 0 Å². The van der Waals surface area contributed by atoms with E-state index in [1.165, 1.54) is 28.8 Å². The highest BCUT2D eigenvalue weighted by atomic mass is 19.1. The summed E-state index contributed by atoms with van der Waals surface area (Å²) in [5.74, 6) is 0.386. The van der Waals surface area contributed by atoms with Crippen LogP contribution in [0.3, 0.4) is 0 Å². The number of ether oxygens (including phenoxy) is 1. The maximum absolute atomic E-state index is 13.5. The highest BCUT2D eigenvalue weighted by molar-refractivity contribution is 5.41. The van der Waals surface area contributed by atoms with Gasteiger partial charge in [-0.15, -0.1) is 0 Å². The van der Waals surface area contributed by atoms with E-state index in [9.17, 15) is 4.39 Å². The van der Waals surface area contributed by atoms with Crippen molar-refractivity contribution < 1.29 is 9.13 Å². The van der Waals surface area contributed by atoms with E-state index < -0.39 is 0 Å². The highest BCUT2D eigenvalue weighted by Gasteiger charge is 2.29. The van der Waals surface area contributed by atoms with Crippen LogP contribution < -0.4 is 10.1 Å². The molecule has 0 saturated carbocycles. The van der Waals surface area contributed by atoms with Crippen LogP contribution in [-0.4, -0.2) is 7.05 Å². The van der Waals surface area contributed by atoms with Crippen molar-refractivity contribution >= 4 is 0 Å². The molecular formula is C18H20FNO. The fourth-order valence-corrected chi connectivity index (χ4v) is 3.01. The van der Waals surface area contributed by atoms with Crippen LogP contribution in [0.4, 0.5) is 4.39 Å². The lowest BCUT2D eigenvalue weighted by Gasteiger charge is -2.33. The van der Waals surface area contributed by atoms with E-state index in [0.29, 0.717) is 5.75 Å². The van der Waals surface area contributed by atoms with Crippen molar-refractivity contribution in [3.05, 3.63) is 64.5 Å². The maximum Gasteiger partial charge on any atom is 0.127 e. The molecule has 1 aliphatic rings. The molecule has 1 N–H and O–H groups in total. The van der Waals surface area contributed by atoms with Gasteiger partial charge in [0.2, 0.25) is 0 Å². The van der Waals surface area contributed by atoms with Crippen molar-refractivity contribution in [1.29, 1.82) is 0 Å². The Kier molecular flexibility index (Phi) is 3.68. The first-order chi connectivity index (χ1) is 10.1. The molecule has 3 heteroatoms. The fourth-order valence-electron chi connectivity index (χ4n) is 3.01. The molecule has 0 saturated heterocycles. The zero-order valence-corrected chi connectivity index (χ0v) is 12.6. The number of hydrogen-bond acceptors (Lipinski definition) is 2. The van der Waals surface area contributed by atoms with Crippen LogP contribution in [0.25, 0.3) is 0 Å². The lowest BCUT2D eigenvalue weighted by molar-refractivity contribution is 0.152. The summed E-state index contributed by atoms with van der Waals surface area (Å²) in [6.45, 7) is 4.17. The Bertz CT molecular complexity index is 668. The van der Waals surface area contributed by atoms with Crippen molar-refractivity contribution in [1.82, 2.24) is 5.32 Å². The average Bonchev–Trinajstić information content (AvgIpc) is 2.48. The summed E-state index contributed by atoms with van der Waals surface area (Å²) in [6.07, 6.45) is 0.802. The summed E-state index contributed by atoms with van der Waals surface area (Å²) in [6, 6.07) is 11.3. The van der Waals surface area contributed by atoms with E-state index in [0.717, 1.165) is 12.0 Å². The van der Waals surface area contributed by atoms with Crippen LogP contribution in [0.5, 0.6) is 5.75 Å². The molecule has 0 aromatic heterocycles. The average molecular weight is 285 g/mol. The Morgan fingerprint density at radius 2 is 1.90 bits per heavy atom. The summed E-state index contributed by atoms with van der Waals surface area (Å²) in [7, 11) is 1.93. The first-order valence-electron chi connectivity index (χ1n) is 7.29. The van der Waals surface area contributed by atoms with Crippen LogP contribution in [0.2, 0.25) is 0 Å². The monoisotopic (exact) mass is 285 g/mol. The normalized spacial score (nSPS) is 20.8.